The Bertz CT molecular complexity index is 648. The van der Waals surface area contributed by atoms with Crippen LogP contribution < -0.4 is 5.32 Å². The first-order chi connectivity index (χ1) is 9.49. The van der Waals surface area contributed by atoms with Crippen molar-refractivity contribution in [3.8, 4) is 0 Å². The maximum Gasteiger partial charge on any atom is 0.336 e. The van der Waals surface area contributed by atoms with Crippen LogP contribution in [-0.2, 0) is 0 Å². The first kappa shape index (κ1) is 14.3. The smallest absolute Gasteiger partial charge is 0.336 e. The number of hydrogen-bond acceptors (Lipinski definition) is 3. The van der Waals surface area contributed by atoms with E-state index in [0.29, 0.717) is 0 Å². The molecule has 1 heterocycles. The third-order valence-electron chi connectivity index (χ3n) is 2.94. The zero-order valence-electron chi connectivity index (χ0n) is 11.2. The van der Waals surface area contributed by atoms with Gasteiger partial charge in [0.25, 0.3) is 5.91 Å². The van der Waals surface area contributed by atoms with Crippen LogP contribution in [0.5, 0.6) is 0 Å². The fraction of sp³-hybridized carbons (Fsp3) is 0.200. The van der Waals surface area contributed by atoms with E-state index in [1.165, 1.54) is 17.0 Å². The van der Waals surface area contributed by atoms with Crippen molar-refractivity contribution >= 4 is 23.2 Å². The van der Waals surface area contributed by atoms with E-state index in [9.17, 15) is 9.59 Å². The SMILES string of the molecule is Cc1ccc(C(C)NC(=O)c2ccccc2C(=O)O)s1. The van der Waals surface area contributed by atoms with Crippen LogP contribution in [0.15, 0.2) is 36.4 Å². The standard InChI is InChI=1S/C15H15NO3S/c1-9-7-8-13(20-9)10(2)16-14(17)11-5-3-4-6-12(11)15(18)19/h3-8,10H,1-2H3,(H,16,17)(H,18,19). The molecule has 0 aliphatic carbocycles. The normalized spacial score (nSPS) is 11.9. The summed E-state index contributed by atoms with van der Waals surface area (Å²) in [6.07, 6.45) is 0. The fourth-order valence-corrected chi connectivity index (χ4v) is 2.78. The van der Waals surface area contributed by atoms with E-state index in [1.54, 1.807) is 23.5 Å². The molecule has 0 saturated carbocycles. The lowest BCUT2D eigenvalue weighted by atomic mass is 10.1. The van der Waals surface area contributed by atoms with Gasteiger partial charge in [-0.1, -0.05) is 12.1 Å². The zero-order chi connectivity index (χ0) is 14.7. The monoisotopic (exact) mass is 289 g/mol. The minimum atomic E-state index is -1.10. The maximum absolute atomic E-state index is 12.2. The van der Waals surface area contributed by atoms with E-state index in [2.05, 4.69) is 5.32 Å². The Kier molecular flexibility index (Phi) is 4.20. The van der Waals surface area contributed by atoms with Crippen LogP contribution in [0.1, 0.15) is 43.4 Å². The van der Waals surface area contributed by atoms with E-state index >= 15 is 0 Å². The topological polar surface area (TPSA) is 66.4 Å². The van der Waals surface area contributed by atoms with Gasteiger partial charge in [0.1, 0.15) is 0 Å². The van der Waals surface area contributed by atoms with Gasteiger partial charge in [-0.3, -0.25) is 4.79 Å². The van der Waals surface area contributed by atoms with Crippen LogP contribution in [0.2, 0.25) is 0 Å². The Hall–Kier alpha value is -2.14. The molecule has 4 nitrogen and oxygen atoms in total. The highest BCUT2D eigenvalue weighted by Crippen LogP contribution is 2.22. The average Bonchev–Trinajstić information content (AvgIpc) is 2.85. The van der Waals surface area contributed by atoms with Gasteiger partial charge in [0, 0.05) is 9.75 Å². The Morgan fingerprint density at radius 1 is 1.15 bits per heavy atom. The lowest BCUT2D eigenvalue weighted by Gasteiger charge is -2.13. The summed E-state index contributed by atoms with van der Waals surface area (Å²) in [6, 6.07) is 10.0. The quantitative estimate of drug-likeness (QED) is 0.908. The summed E-state index contributed by atoms with van der Waals surface area (Å²) in [4.78, 5) is 25.5. The van der Waals surface area contributed by atoms with Crippen LogP contribution in [0.25, 0.3) is 0 Å². The number of carbonyl (C=O) groups excluding carboxylic acids is 1. The maximum atomic E-state index is 12.2. The number of carboxylic acid groups (broad SMARTS) is 1. The summed E-state index contributed by atoms with van der Waals surface area (Å²) in [6.45, 7) is 3.88. The zero-order valence-corrected chi connectivity index (χ0v) is 12.0. The average molecular weight is 289 g/mol. The number of carboxylic acids is 1. The number of rotatable bonds is 4. The predicted octanol–water partition coefficient (Wildman–Crippen LogP) is 3.25. The minimum Gasteiger partial charge on any atom is -0.478 e. The molecule has 1 atom stereocenters. The van der Waals surface area contributed by atoms with Crippen LogP contribution in [0.3, 0.4) is 0 Å². The van der Waals surface area contributed by atoms with Crippen molar-refractivity contribution in [3.05, 3.63) is 57.3 Å². The number of carbonyl (C=O) groups is 2. The Labute approximate surface area is 121 Å². The molecular weight excluding hydrogens is 274 g/mol. The van der Waals surface area contributed by atoms with E-state index in [0.717, 1.165) is 4.88 Å². The van der Waals surface area contributed by atoms with Gasteiger partial charge < -0.3 is 10.4 Å². The van der Waals surface area contributed by atoms with Crippen LogP contribution in [-0.4, -0.2) is 17.0 Å². The molecule has 2 N–H and O–H groups in total. The van der Waals surface area contributed by atoms with Crippen molar-refractivity contribution < 1.29 is 14.7 Å². The summed E-state index contributed by atoms with van der Waals surface area (Å²) in [5.74, 6) is -1.48. The molecule has 0 radical (unpaired) electrons. The van der Waals surface area contributed by atoms with Gasteiger partial charge in [0.15, 0.2) is 0 Å². The number of amides is 1. The molecule has 1 amide bonds. The van der Waals surface area contributed by atoms with E-state index in [4.69, 9.17) is 5.11 Å². The largest absolute Gasteiger partial charge is 0.478 e. The lowest BCUT2D eigenvalue weighted by Crippen LogP contribution is -2.27. The first-order valence-electron chi connectivity index (χ1n) is 6.18. The summed E-state index contributed by atoms with van der Waals surface area (Å²) < 4.78 is 0. The van der Waals surface area contributed by atoms with Crippen molar-refractivity contribution in [1.29, 1.82) is 0 Å². The third kappa shape index (κ3) is 3.05. The molecule has 104 valence electrons. The molecule has 0 fully saturated rings. The van der Waals surface area contributed by atoms with Gasteiger partial charge in [-0.15, -0.1) is 11.3 Å². The van der Waals surface area contributed by atoms with Crippen molar-refractivity contribution in [1.82, 2.24) is 5.32 Å². The first-order valence-corrected chi connectivity index (χ1v) is 7.00. The van der Waals surface area contributed by atoms with E-state index in [-0.39, 0.29) is 23.1 Å². The van der Waals surface area contributed by atoms with E-state index in [1.807, 2.05) is 26.0 Å². The highest BCUT2D eigenvalue weighted by molar-refractivity contribution is 7.12. The Balaban J connectivity index is 2.18. The van der Waals surface area contributed by atoms with Crippen LogP contribution >= 0.6 is 11.3 Å². The molecule has 0 aliphatic heterocycles. The molecule has 2 aromatic rings. The second kappa shape index (κ2) is 5.88. The molecule has 1 aromatic heterocycles. The van der Waals surface area contributed by atoms with Gasteiger partial charge in [-0.05, 0) is 38.1 Å². The fourth-order valence-electron chi connectivity index (χ4n) is 1.90. The second-order valence-corrected chi connectivity index (χ2v) is 5.81. The van der Waals surface area contributed by atoms with Crippen molar-refractivity contribution in [2.24, 2.45) is 0 Å². The number of thiophene rings is 1. The van der Waals surface area contributed by atoms with Crippen molar-refractivity contribution in [2.75, 3.05) is 0 Å². The Morgan fingerprint density at radius 3 is 2.35 bits per heavy atom. The lowest BCUT2D eigenvalue weighted by molar-refractivity contribution is 0.0690. The minimum absolute atomic E-state index is 0.0135. The summed E-state index contributed by atoms with van der Waals surface area (Å²) in [7, 11) is 0. The van der Waals surface area contributed by atoms with Crippen LogP contribution in [0.4, 0.5) is 0 Å². The highest BCUT2D eigenvalue weighted by atomic mass is 32.1. The molecular formula is C15H15NO3S. The number of aromatic carboxylic acids is 1. The molecule has 20 heavy (non-hydrogen) atoms. The Morgan fingerprint density at radius 2 is 1.80 bits per heavy atom. The van der Waals surface area contributed by atoms with Gasteiger partial charge in [0.05, 0.1) is 17.2 Å². The summed E-state index contributed by atoms with van der Waals surface area (Å²) >= 11 is 1.61. The number of nitrogens with one attached hydrogen (secondary N) is 1. The number of aryl methyl sites for hydroxylation is 1. The molecule has 0 aliphatic rings. The molecule has 0 saturated heterocycles. The number of benzene rings is 1. The molecule has 1 unspecified atom stereocenters. The van der Waals surface area contributed by atoms with Gasteiger partial charge in [0.2, 0.25) is 0 Å². The van der Waals surface area contributed by atoms with Crippen molar-refractivity contribution in [2.45, 2.75) is 19.9 Å². The molecule has 5 heteroatoms. The summed E-state index contributed by atoms with van der Waals surface area (Å²) in [5, 5.41) is 11.9. The molecule has 0 spiro atoms. The molecule has 2 rings (SSSR count). The van der Waals surface area contributed by atoms with E-state index < -0.39 is 5.97 Å². The molecule has 1 aromatic carbocycles. The van der Waals surface area contributed by atoms with Crippen molar-refractivity contribution in [3.63, 3.8) is 0 Å². The summed E-state index contributed by atoms with van der Waals surface area (Å²) in [5.41, 5.74) is 0.194. The van der Waals surface area contributed by atoms with Gasteiger partial charge in [-0.25, -0.2) is 4.79 Å². The van der Waals surface area contributed by atoms with Crippen LogP contribution in [0, 0.1) is 6.92 Å². The molecule has 0 bridgehead atoms. The third-order valence-corrected chi connectivity index (χ3v) is 4.12. The van der Waals surface area contributed by atoms with Gasteiger partial charge in [-0.2, -0.15) is 0 Å². The van der Waals surface area contributed by atoms with Gasteiger partial charge >= 0.3 is 5.97 Å². The number of hydrogen-bond donors (Lipinski definition) is 2. The second-order valence-electron chi connectivity index (χ2n) is 4.49. The highest BCUT2D eigenvalue weighted by Gasteiger charge is 2.18. The predicted molar refractivity (Wildman–Crippen MR) is 78.3 cm³/mol.